The average molecular weight is 400 g/mol. The second kappa shape index (κ2) is 6.77. The summed E-state index contributed by atoms with van der Waals surface area (Å²) in [6, 6.07) is 6.14. The lowest BCUT2D eigenvalue weighted by Crippen LogP contribution is -2.56. The summed E-state index contributed by atoms with van der Waals surface area (Å²) in [6.07, 6.45) is 3.58. The van der Waals surface area contributed by atoms with Gasteiger partial charge in [-0.2, -0.15) is 0 Å². The largest absolute Gasteiger partial charge is 0.479 e. The van der Waals surface area contributed by atoms with E-state index in [2.05, 4.69) is 10.2 Å². The van der Waals surface area contributed by atoms with Gasteiger partial charge in [-0.05, 0) is 30.5 Å². The maximum Gasteiger partial charge on any atom is 0.313 e. The van der Waals surface area contributed by atoms with Crippen molar-refractivity contribution in [3.63, 3.8) is 0 Å². The Morgan fingerprint density at radius 1 is 1.28 bits per heavy atom. The van der Waals surface area contributed by atoms with Crippen LogP contribution < -0.4 is 5.32 Å². The summed E-state index contributed by atoms with van der Waals surface area (Å²) in [5, 5.41) is 13.0. The summed E-state index contributed by atoms with van der Waals surface area (Å²) in [6.45, 7) is 2.26. The molecule has 2 N–H and O–H groups in total. The summed E-state index contributed by atoms with van der Waals surface area (Å²) >= 11 is 0. The number of piperazine rings is 1. The SMILES string of the molecule is O=C(NCc1ccc(F)cc1)C1=CN2CC3N(CC4CCCN43)C(=O)C2=C(O)O1. The second-order valence-electron chi connectivity index (χ2n) is 7.68. The molecule has 1 aromatic rings. The molecule has 4 aliphatic rings. The van der Waals surface area contributed by atoms with Gasteiger partial charge in [-0.15, -0.1) is 0 Å². The number of carbonyl (C=O) groups is 2. The predicted octanol–water partition coefficient (Wildman–Crippen LogP) is 0.989. The number of nitrogens with one attached hydrogen (secondary N) is 1. The summed E-state index contributed by atoms with van der Waals surface area (Å²) in [4.78, 5) is 31.1. The molecule has 0 aliphatic carbocycles. The highest BCUT2D eigenvalue weighted by Crippen LogP contribution is 2.36. The lowest BCUT2D eigenvalue weighted by Gasteiger charge is -2.41. The van der Waals surface area contributed by atoms with Crippen LogP contribution >= 0.6 is 0 Å². The summed E-state index contributed by atoms with van der Waals surface area (Å²) in [7, 11) is 0. The molecule has 0 radical (unpaired) electrons. The van der Waals surface area contributed by atoms with Crippen molar-refractivity contribution in [2.75, 3.05) is 19.6 Å². The van der Waals surface area contributed by atoms with Gasteiger partial charge in [0, 0.05) is 25.7 Å². The fourth-order valence-electron chi connectivity index (χ4n) is 4.55. The van der Waals surface area contributed by atoms with Gasteiger partial charge in [0.25, 0.3) is 11.8 Å². The van der Waals surface area contributed by atoms with E-state index in [-0.39, 0.29) is 35.9 Å². The Morgan fingerprint density at radius 3 is 2.86 bits per heavy atom. The zero-order valence-electron chi connectivity index (χ0n) is 15.7. The molecule has 4 aliphatic heterocycles. The Balaban J connectivity index is 1.32. The van der Waals surface area contributed by atoms with Crippen LogP contribution in [0.5, 0.6) is 0 Å². The Morgan fingerprint density at radius 2 is 2.07 bits per heavy atom. The first-order valence-corrected chi connectivity index (χ1v) is 9.70. The van der Waals surface area contributed by atoms with E-state index in [1.807, 2.05) is 0 Å². The number of aliphatic hydroxyl groups is 1. The minimum Gasteiger partial charge on any atom is -0.479 e. The van der Waals surface area contributed by atoms with Crippen LogP contribution in [0, 0.1) is 5.82 Å². The summed E-state index contributed by atoms with van der Waals surface area (Å²) in [5.74, 6) is -1.81. The highest BCUT2D eigenvalue weighted by Gasteiger charge is 2.50. The topological polar surface area (TPSA) is 85.4 Å². The minimum atomic E-state index is -0.560. The number of nitrogens with zero attached hydrogens (tertiary/aromatic N) is 3. The fourth-order valence-corrected chi connectivity index (χ4v) is 4.55. The highest BCUT2D eigenvalue weighted by atomic mass is 19.1. The van der Waals surface area contributed by atoms with Gasteiger partial charge in [0.1, 0.15) is 12.0 Å². The Hall–Kier alpha value is -3.07. The van der Waals surface area contributed by atoms with Crippen molar-refractivity contribution in [2.24, 2.45) is 0 Å². The number of fused-ring (bicyclic) bond motifs is 4. The van der Waals surface area contributed by atoms with Gasteiger partial charge >= 0.3 is 5.95 Å². The van der Waals surface area contributed by atoms with Gasteiger partial charge in [-0.3, -0.25) is 14.5 Å². The van der Waals surface area contributed by atoms with Gasteiger partial charge in [-0.25, -0.2) is 4.39 Å². The van der Waals surface area contributed by atoms with Crippen molar-refractivity contribution in [2.45, 2.75) is 31.6 Å². The molecule has 3 saturated heterocycles. The molecule has 2 unspecified atom stereocenters. The Bertz CT molecular complexity index is 929. The van der Waals surface area contributed by atoms with Crippen molar-refractivity contribution < 1.29 is 23.8 Å². The number of benzene rings is 1. The third kappa shape index (κ3) is 3.02. The Kier molecular flexibility index (Phi) is 4.20. The summed E-state index contributed by atoms with van der Waals surface area (Å²) in [5.41, 5.74) is 0.795. The molecule has 0 spiro atoms. The van der Waals surface area contributed by atoms with E-state index in [9.17, 15) is 19.1 Å². The number of aliphatic hydroxyl groups excluding tert-OH is 1. The maximum atomic E-state index is 13.0. The van der Waals surface area contributed by atoms with E-state index in [0.717, 1.165) is 24.9 Å². The molecule has 3 fully saturated rings. The third-order valence-electron chi connectivity index (χ3n) is 5.96. The molecule has 4 heterocycles. The number of hydrogen-bond acceptors (Lipinski definition) is 6. The first-order chi connectivity index (χ1) is 14.0. The second-order valence-corrected chi connectivity index (χ2v) is 7.68. The van der Waals surface area contributed by atoms with Crippen LogP contribution in [-0.2, 0) is 20.9 Å². The molecule has 152 valence electrons. The zero-order chi connectivity index (χ0) is 20.1. The molecule has 9 heteroatoms. The van der Waals surface area contributed by atoms with E-state index < -0.39 is 11.9 Å². The van der Waals surface area contributed by atoms with Crippen molar-refractivity contribution in [3.8, 4) is 0 Å². The van der Waals surface area contributed by atoms with Crippen LogP contribution in [0.3, 0.4) is 0 Å². The normalized spacial score (nSPS) is 26.0. The average Bonchev–Trinajstić information content (AvgIpc) is 3.29. The standard InChI is InChI=1S/C20H21FN4O4/c21-13-5-3-12(4-6-13)8-22-18(26)15-10-23-11-16-24-7-1-2-14(24)9-25(16)19(27)17(23)20(28)29-15/h3-6,10,14,16,28H,1-2,7-9,11H2,(H,22,26). The smallest absolute Gasteiger partial charge is 0.313 e. The first kappa shape index (κ1) is 18.0. The molecular formula is C20H21FN4O4. The molecule has 0 bridgehead atoms. The van der Waals surface area contributed by atoms with E-state index in [4.69, 9.17) is 4.74 Å². The molecule has 1 aromatic carbocycles. The number of halogens is 1. The lowest BCUT2D eigenvalue weighted by molar-refractivity contribution is -0.136. The first-order valence-electron chi connectivity index (χ1n) is 9.70. The molecule has 2 amide bonds. The van der Waals surface area contributed by atoms with E-state index in [1.165, 1.54) is 18.3 Å². The molecule has 8 nitrogen and oxygen atoms in total. The molecule has 2 atom stereocenters. The van der Waals surface area contributed by atoms with Gasteiger partial charge in [-0.1, -0.05) is 12.1 Å². The quantitative estimate of drug-likeness (QED) is 0.787. The number of ether oxygens (including phenoxy) is 1. The van der Waals surface area contributed by atoms with Crippen molar-refractivity contribution in [1.29, 1.82) is 0 Å². The van der Waals surface area contributed by atoms with Crippen LogP contribution in [0.4, 0.5) is 4.39 Å². The fraction of sp³-hybridized carbons (Fsp3) is 0.400. The summed E-state index contributed by atoms with van der Waals surface area (Å²) < 4.78 is 18.3. The van der Waals surface area contributed by atoms with Crippen LogP contribution in [0.1, 0.15) is 18.4 Å². The van der Waals surface area contributed by atoms with Crippen molar-refractivity contribution in [3.05, 3.63) is 59.2 Å². The van der Waals surface area contributed by atoms with Gasteiger partial charge in [0.15, 0.2) is 5.70 Å². The van der Waals surface area contributed by atoms with E-state index >= 15 is 0 Å². The van der Waals surface area contributed by atoms with Gasteiger partial charge in [0.05, 0.1) is 12.7 Å². The van der Waals surface area contributed by atoms with E-state index in [0.29, 0.717) is 19.1 Å². The predicted molar refractivity (Wildman–Crippen MR) is 99.0 cm³/mol. The maximum absolute atomic E-state index is 13.0. The lowest BCUT2D eigenvalue weighted by atomic mass is 10.2. The minimum absolute atomic E-state index is 0.0653. The number of amides is 2. The number of hydrogen-bond donors (Lipinski definition) is 2. The van der Waals surface area contributed by atoms with Crippen molar-refractivity contribution >= 4 is 11.8 Å². The third-order valence-corrected chi connectivity index (χ3v) is 5.96. The van der Waals surface area contributed by atoms with Crippen LogP contribution in [-0.4, -0.2) is 63.5 Å². The van der Waals surface area contributed by atoms with Crippen LogP contribution in [0.2, 0.25) is 0 Å². The number of carbonyl (C=O) groups excluding carboxylic acids is 2. The number of rotatable bonds is 3. The molecule has 0 aromatic heterocycles. The highest BCUT2D eigenvalue weighted by molar-refractivity contribution is 5.97. The molecule has 29 heavy (non-hydrogen) atoms. The monoisotopic (exact) mass is 400 g/mol. The molecule has 0 saturated carbocycles. The van der Waals surface area contributed by atoms with Crippen molar-refractivity contribution in [1.82, 2.24) is 20.0 Å². The molecule has 5 rings (SSSR count). The van der Waals surface area contributed by atoms with E-state index in [1.54, 1.807) is 21.9 Å². The zero-order valence-corrected chi connectivity index (χ0v) is 15.7. The Labute approximate surface area is 166 Å². The van der Waals surface area contributed by atoms with Gasteiger partial charge in [0.2, 0.25) is 5.76 Å². The van der Waals surface area contributed by atoms with Gasteiger partial charge < -0.3 is 25.0 Å². The molecular weight excluding hydrogens is 379 g/mol. The van der Waals surface area contributed by atoms with Crippen LogP contribution in [0.15, 0.2) is 47.9 Å². The van der Waals surface area contributed by atoms with Crippen LogP contribution in [0.25, 0.3) is 0 Å².